The van der Waals surface area contributed by atoms with E-state index in [4.69, 9.17) is 4.42 Å². The fourth-order valence-corrected chi connectivity index (χ4v) is 4.35. The summed E-state index contributed by atoms with van der Waals surface area (Å²) in [7, 11) is -2.49. The maximum Gasteiger partial charge on any atom is 0.293 e. The summed E-state index contributed by atoms with van der Waals surface area (Å²) in [5, 5.41) is 14.6. The molecule has 1 aliphatic heterocycles. The van der Waals surface area contributed by atoms with Crippen LogP contribution in [-0.2, 0) is 10.0 Å². The highest BCUT2D eigenvalue weighted by Gasteiger charge is 2.29. The zero-order chi connectivity index (χ0) is 20.1. The van der Waals surface area contributed by atoms with E-state index in [9.17, 15) is 18.5 Å². The normalized spacial score (nSPS) is 16.6. The summed E-state index contributed by atoms with van der Waals surface area (Å²) in [5.74, 6) is 0.835. The number of nitro benzene ring substituents is 1. The number of anilines is 1. The predicted octanol–water partition coefficient (Wildman–Crippen LogP) is 1.32. The molecule has 1 atom stereocenters. The first-order valence-corrected chi connectivity index (χ1v) is 10.7. The van der Waals surface area contributed by atoms with Crippen LogP contribution in [-0.4, -0.2) is 40.0 Å². The molecular weight excluding hydrogens is 384 g/mol. The van der Waals surface area contributed by atoms with Gasteiger partial charge in [-0.15, -0.1) is 0 Å². The van der Waals surface area contributed by atoms with Crippen molar-refractivity contribution in [2.45, 2.75) is 30.2 Å². The monoisotopic (exact) mass is 409 g/mol. The van der Waals surface area contributed by atoms with Crippen LogP contribution in [0.1, 0.15) is 31.1 Å². The highest BCUT2D eigenvalue weighted by molar-refractivity contribution is 7.89. The number of furan rings is 1. The SMILES string of the molecule is CNS(=O)(=O)c1ccc(NC[C@H](c2ccco2)[NH+]2CCCCC2)c([N+](=O)[O-])c1. The summed E-state index contributed by atoms with van der Waals surface area (Å²) in [5.41, 5.74) is 0.0104. The Kier molecular flexibility index (Phi) is 6.32. The van der Waals surface area contributed by atoms with Crippen LogP contribution in [0.5, 0.6) is 0 Å². The van der Waals surface area contributed by atoms with Crippen molar-refractivity contribution < 1.29 is 22.7 Å². The molecule has 0 unspecified atom stereocenters. The molecule has 3 N–H and O–H groups in total. The molecule has 9 nitrogen and oxygen atoms in total. The second-order valence-corrected chi connectivity index (χ2v) is 8.70. The number of nitrogens with zero attached hydrogens (tertiary/aromatic N) is 1. The smallest absolute Gasteiger partial charge is 0.293 e. The summed E-state index contributed by atoms with van der Waals surface area (Å²) < 4.78 is 31.7. The zero-order valence-electron chi connectivity index (χ0n) is 15.7. The Hall–Kier alpha value is -2.43. The van der Waals surface area contributed by atoms with E-state index in [0.717, 1.165) is 37.8 Å². The number of sulfonamides is 1. The van der Waals surface area contributed by atoms with Gasteiger partial charge in [-0.1, -0.05) is 0 Å². The number of quaternary nitrogens is 1. The number of hydrogen-bond donors (Lipinski definition) is 3. The van der Waals surface area contributed by atoms with Gasteiger partial charge in [-0.05, 0) is 50.6 Å². The molecule has 0 saturated carbocycles. The molecule has 2 heterocycles. The molecule has 0 aliphatic carbocycles. The van der Waals surface area contributed by atoms with Crippen molar-refractivity contribution in [3.63, 3.8) is 0 Å². The number of rotatable bonds is 8. The standard InChI is InChI=1S/C18H24N4O5S/c1-19-28(25,26)14-7-8-15(16(12-14)22(23)24)20-13-17(18-6-5-11-27-18)21-9-3-2-4-10-21/h5-8,11-12,17,19-20H,2-4,9-10,13H2,1H3/p+1/t17-/m1/s1. The molecule has 0 amide bonds. The molecule has 3 rings (SSSR count). The molecular formula is C18H25N4O5S+. The lowest BCUT2D eigenvalue weighted by atomic mass is 10.1. The fraction of sp³-hybridized carbons (Fsp3) is 0.444. The van der Waals surface area contributed by atoms with Crippen molar-refractivity contribution in [1.82, 2.24) is 4.72 Å². The van der Waals surface area contributed by atoms with Crippen LogP contribution >= 0.6 is 0 Å². The molecule has 0 spiro atoms. The van der Waals surface area contributed by atoms with Crippen molar-refractivity contribution in [1.29, 1.82) is 0 Å². The molecule has 0 bridgehead atoms. The van der Waals surface area contributed by atoms with E-state index in [2.05, 4.69) is 10.0 Å². The molecule has 1 saturated heterocycles. The summed E-state index contributed by atoms with van der Waals surface area (Å²) >= 11 is 0. The maximum atomic E-state index is 11.9. The number of likely N-dealkylation sites (tertiary alicyclic amines) is 1. The molecule has 1 aromatic carbocycles. The van der Waals surface area contributed by atoms with Gasteiger partial charge in [-0.25, -0.2) is 13.1 Å². The van der Waals surface area contributed by atoms with Gasteiger partial charge in [0.1, 0.15) is 5.69 Å². The van der Waals surface area contributed by atoms with Crippen LogP contribution in [0.25, 0.3) is 0 Å². The van der Waals surface area contributed by atoms with E-state index in [1.54, 1.807) is 6.26 Å². The van der Waals surface area contributed by atoms with Gasteiger partial charge >= 0.3 is 0 Å². The number of nitro groups is 1. The van der Waals surface area contributed by atoms with Crippen LogP contribution in [0, 0.1) is 10.1 Å². The Labute approximate surface area is 163 Å². The summed E-state index contributed by atoms with van der Waals surface area (Å²) in [4.78, 5) is 12.2. The third-order valence-corrected chi connectivity index (χ3v) is 6.53. The molecule has 28 heavy (non-hydrogen) atoms. The number of nitrogens with one attached hydrogen (secondary N) is 3. The third-order valence-electron chi connectivity index (χ3n) is 5.12. The second kappa shape index (κ2) is 8.72. The van der Waals surface area contributed by atoms with Gasteiger partial charge < -0.3 is 14.6 Å². The summed E-state index contributed by atoms with van der Waals surface area (Å²) in [6.45, 7) is 2.49. The molecule has 0 radical (unpaired) electrons. The van der Waals surface area contributed by atoms with Gasteiger partial charge in [0.25, 0.3) is 5.69 Å². The van der Waals surface area contributed by atoms with E-state index < -0.39 is 14.9 Å². The van der Waals surface area contributed by atoms with Gasteiger partial charge in [0, 0.05) is 6.07 Å². The highest BCUT2D eigenvalue weighted by Crippen LogP contribution is 2.28. The first kappa shape index (κ1) is 20.3. The van der Waals surface area contributed by atoms with E-state index in [1.807, 2.05) is 12.1 Å². The molecule has 10 heteroatoms. The Morgan fingerprint density at radius 2 is 2.00 bits per heavy atom. The lowest BCUT2D eigenvalue weighted by molar-refractivity contribution is -0.935. The number of hydrogen-bond acceptors (Lipinski definition) is 6. The Morgan fingerprint density at radius 1 is 1.25 bits per heavy atom. The summed E-state index contributed by atoms with van der Waals surface area (Å²) in [6, 6.07) is 7.65. The van der Waals surface area contributed by atoms with Gasteiger partial charge in [0.15, 0.2) is 11.8 Å². The van der Waals surface area contributed by atoms with Crippen LogP contribution in [0.3, 0.4) is 0 Å². The van der Waals surface area contributed by atoms with Gasteiger partial charge in [-0.3, -0.25) is 10.1 Å². The molecule has 1 aromatic heterocycles. The lowest BCUT2D eigenvalue weighted by Gasteiger charge is -2.30. The van der Waals surface area contributed by atoms with E-state index in [-0.39, 0.29) is 22.3 Å². The first-order valence-electron chi connectivity index (χ1n) is 9.26. The highest BCUT2D eigenvalue weighted by atomic mass is 32.2. The summed E-state index contributed by atoms with van der Waals surface area (Å²) in [6.07, 6.45) is 5.13. The van der Waals surface area contributed by atoms with Gasteiger partial charge in [0.05, 0.1) is 35.7 Å². The molecule has 2 aromatic rings. The van der Waals surface area contributed by atoms with Crippen molar-refractivity contribution in [2.24, 2.45) is 0 Å². The zero-order valence-corrected chi connectivity index (χ0v) is 16.5. The fourth-order valence-electron chi connectivity index (χ4n) is 3.60. The second-order valence-electron chi connectivity index (χ2n) is 6.81. The maximum absolute atomic E-state index is 11.9. The minimum atomic E-state index is -3.76. The van der Waals surface area contributed by atoms with Crippen LogP contribution in [0.4, 0.5) is 11.4 Å². The Balaban J connectivity index is 1.84. The first-order chi connectivity index (χ1) is 13.4. The minimum Gasteiger partial charge on any atom is -0.463 e. The average molecular weight is 409 g/mol. The number of piperidine rings is 1. The largest absolute Gasteiger partial charge is 0.463 e. The van der Waals surface area contributed by atoms with Crippen molar-refractivity contribution in [3.05, 3.63) is 52.5 Å². The lowest BCUT2D eigenvalue weighted by Crippen LogP contribution is -3.13. The van der Waals surface area contributed by atoms with E-state index in [1.165, 1.54) is 30.5 Å². The minimum absolute atomic E-state index is 0.0237. The quantitative estimate of drug-likeness (QED) is 0.447. The molecule has 152 valence electrons. The Bertz CT molecular complexity index is 908. The third kappa shape index (κ3) is 4.51. The van der Waals surface area contributed by atoms with Crippen LogP contribution in [0.2, 0.25) is 0 Å². The Morgan fingerprint density at radius 3 is 2.61 bits per heavy atom. The molecule has 1 aliphatic rings. The van der Waals surface area contributed by atoms with Gasteiger partial charge in [-0.2, -0.15) is 0 Å². The van der Waals surface area contributed by atoms with Crippen molar-refractivity contribution in [3.8, 4) is 0 Å². The van der Waals surface area contributed by atoms with Crippen LogP contribution < -0.4 is 14.9 Å². The molecule has 1 fully saturated rings. The van der Waals surface area contributed by atoms with Crippen molar-refractivity contribution in [2.75, 3.05) is 32.0 Å². The predicted molar refractivity (Wildman–Crippen MR) is 104 cm³/mol. The van der Waals surface area contributed by atoms with E-state index >= 15 is 0 Å². The average Bonchev–Trinajstić information content (AvgIpc) is 3.23. The van der Waals surface area contributed by atoms with Crippen LogP contribution in [0.15, 0.2) is 45.9 Å². The number of benzene rings is 1. The van der Waals surface area contributed by atoms with Crippen molar-refractivity contribution >= 4 is 21.4 Å². The topological polar surface area (TPSA) is 119 Å². The van der Waals surface area contributed by atoms with Gasteiger partial charge in [0.2, 0.25) is 10.0 Å². The van der Waals surface area contributed by atoms with E-state index in [0.29, 0.717) is 6.54 Å².